The van der Waals surface area contributed by atoms with Crippen molar-refractivity contribution in [2.75, 3.05) is 6.61 Å². The average Bonchev–Trinajstić information content (AvgIpc) is 1.90. The Kier molecular flexibility index (Phi) is 6.76. The second kappa shape index (κ2) is 6.90. The molecule has 0 heterocycles. The third-order valence-electron chi connectivity index (χ3n) is 1.08. The van der Waals surface area contributed by atoms with Gasteiger partial charge in [0, 0.05) is 0 Å². The molecule has 10 heavy (non-hydrogen) atoms. The SMILES string of the molecule is C/C=C\C(=C/CC)COS. The molecule has 58 valence electrons. The topological polar surface area (TPSA) is 9.23 Å². The molecular weight excluding hydrogens is 144 g/mol. The summed E-state index contributed by atoms with van der Waals surface area (Å²) in [6, 6.07) is 0. The summed E-state index contributed by atoms with van der Waals surface area (Å²) in [6.45, 7) is 4.67. The summed E-state index contributed by atoms with van der Waals surface area (Å²) in [4.78, 5) is 0. The maximum atomic E-state index is 4.68. The summed E-state index contributed by atoms with van der Waals surface area (Å²) in [6.07, 6.45) is 7.18. The normalized spacial score (nSPS) is 12.9. The Hall–Kier alpha value is -0.210. The molecule has 0 fully saturated rings. The van der Waals surface area contributed by atoms with E-state index < -0.39 is 0 Å². The zero-order valence-corrected chi connectivity index (χ0v) is 7.40. The highest BCUT2D eigenvalue weighted by molar-refractivity contribution is 7.75. The quantitative estimate of drug-likeness (QED) is 0.376. The Balaban J connectivity index is 3.84. The maximum absolute atomic E-state index is 4.68. The summed E-state index contributed by atoms with van der Waals surface area (Å²) in [7, 11) is 0. The molecule has 0 aliphatic heterocycles. The van der Waals surface area contributed by atoms with Crippen molar-refractivity contribution in [2.24, 2.45) is 0 Å². The Morgan fingerprint density at radius 1 is 1.60 bits per heavy atom. The van der Waals surface area contributed by atoms with Gasteiger partial charge >= 0.3 is 0 Å². The summed E-state index contributed by atoms with van der Waals surface area (Å²) < 4.78 is 4.68. The minimum Gasteiger partial charge on any atom is -0.314 e. The van der Waals surface area contributed by atoms with Gasteiger partial charge in [-0.15, -0.1) is 0 Å². The molecule has 0 aromatic rings. The third kappa shape index (κ3) is 4.65. The molecule has 0 atom stereocenters. The summed E-state index contributed by atoms with van der Waals surface area (Å²) >= 11 is 3.67. The number of thiol groups is 1. The van der Waals surface area contributed by atoms with Gasteiger partial charge in [-0.3, -0.25) is 0 Å². The average molecular weight is 158 g/mol. The Bertz CT molecular complexity index is 127. The van der Waals surface area contributed by atoms with Gasteiger partial charge < -0.3 is 4.18 Å². The Labute approximate surface area is 68.4 Å². The molecule has 0 radical (unpaired) electrons. The molecule has 0 aliphatic carbocycles. The van der Waals surface area contributed by atoms with E-state index in [1.54, 1.807) is 0 Å². The maximum Gasteiger partial charge on any atom is 0.0858 e. The summed E-state index contributed by atoms with van der Waals surface area (Å²) in [5, 5.41) is 0. The molecule has 0 saturated carbocycles. The van der Waals surface area contributed by atoms with Gasteiger partial charge in [0.05, 0.1) is 6.61 Å². The lowest BCUT2D eigenvalue weighted by Gasteiger charge is -1.96. The number of hydrogen-bond donors (Lipinski definition) is 1. The Morgan fingerprint density at radius 3 is 2.70 bits per heavy atom. The highest BCUT2D eigenvalue weighted by Gasteiger charge is 1.87. The van der Waals surface area contributed by atoms with Crippen molar-refractivity contribution < 1.29 is 4.18 Å². The molecule has 0 amide bonds. The van der Waals surface area contributed by atoms with Crippen LogP contribution in [0.15, 0.2) is 23.8 Å². The first-order valence-corrected chi connectivity index (χ1v) is 3.79. The fourth-order valence-electron chi connectivity index (χ4n) is 0.726. The van der Waals surface area contributed by atoms with Gasteiger partial charge in [0.2, 0.25) is 0 Å². The van der Waals surface area contributed by atoms with E-state index in [0.717, 1.165) is 6.42 Å². The van der Waals surface area contributed by atoms with Crippen LogP contribution in [0.4, 0.5) is 0 Å². The lowest BCUT2D eigenvalue weighted by Crippen LogP contribution is -1.86. The van der Waals surface area contributed by atoms with Crippen LogP contribution >= 0.6 is 12.9 Å². The van der Waals surface area contributed by atoms with Crippen LogP contribution < -0.4 is 0 Å². The molecule has 0 aliphatic rings. The fourth-order valence-corrected chi connectivity index (χ4v) is 0.875. The van der Waals surface area contributed by atoms with Crippen molar-refractivity contribution in [1.82, 2.24) is 0 Å². The smallest absolute Gasteiger partial charge is 0.0858 e. The molecule has 0 aromatic carbocycles. The van der Waals surface area contributed by atoms with Gasteiger partial charge in [0.15, 0.2) is 0 Å². The Morgan fingerprint density at radius 2 is 2.30 bits per heavy atom. The van der Waals surface area contributed by atoms with Crippen molar-refractivity contribution in [3.8, 4) is 0 Å². The predicted molar refractivity (Wildman–Crippen MR) is 48.1 cm³/mol. The largest absolute Gasteiger partial charge is 0.314 e. The molecule has 0 spiro atoms. The van der Waals surface area contributed by atoms with E-state index in [2.05, 4.69) is 30.1 Å². The summed E-state index contributed by atoms with van der Waals surface area (Å²) in [5.74, 6) is 0. The van der Waals surface area contributed by atoms with Crippen LogP contribution in [0.1, 0.15) is 20.3 Å². The molecule has 0 rings (SSSR count). The van der Waals surface area contributed by atoms with Gasteiger partial charge in [-0.1, -0.05) is 25.2 Å². The standard InChI is InChI=1S/C8H14OS/c1-3-5-8(6-4-2)7-9-10/h3,5-6,10H,4,7H2,1-2H3/b5-3-,8-6+. The molecule has 0 unspecified atom stereocenters. The van der Waals surface area contributed by atoms with E-state index in [1.165, 1.54) is 5.57 Å². The molecule has 0 aromatic heterocycles. The van der Waals surface area contributed by atoms with Crippen molar-refractivity contribution in [1.29, 1.82) is 0 Å². The zero-order valence-electron chi connectivity index (χ0n) is 6.50. The first kappa shape index (κ1) is 9.79. The van der Waals surface area contributed by atoms with E-state index in [0.29, 0.717) is 6.61 Å². The number of hydrogen-bond acceptors (Lipinski definition) is 2. The minimum absolute atomic E-state index is 0.585. The molecule has 1 nitrogen and oxygen atoms in total. The van der Waals surface area contributed by atoms with E-state index in [4.69, 9.17) is 0 Å². The molecular formula is C8H14OS. The molecule has 0 saturated heterocycles. The van der Waals surface area contributed by atoms with Gasteiger partial charge in [0.1, 0.15) is 0 Å². The van der Waals surface area contributed by atoms with E-state index in [9.17, 15) is 0 Å². The predicted octanol–water partition coefficient (Wildman–Crippen LogP) is 2.76. The van der Waals surface area contributed by atoms with E-state index in [-0.39, 0.29) is 0 Å². The molecule has 2 heteroatoms. The van der Waals surface area contributed by atoms with Crippen LogP contribution in [-0.4, -0.2) is 6.61 Å². The number of rotatable bonds is 4. The van der Waals surface area contributed by atoms with Crippen LogP contribution in [0.5, 0.6) is 0 Å². The highest BCUT2D eigenvalue weighted by Crippen LogP contribution is 2.00. The van der Waals surface area contributed by atoms with E-state index in [1.807, 2.05) is 19.1 Å². The van der Waals surface area contributed by atoms with Gasteiger partial charge in [0.25, 0.3) is 0 Å². The minimum atomic E-state index is 0.585. The second-order valence-corrected chi connectivity index (χ2v) is 2.22. The van der Waals surface area contributed by atoms with Crippen LogP contribution in [0.3, 0.4) is 0 Å². The zero-order chi connectivity index (χ0) is 7.82. The molecule has 0 N–H and O–H groups in total. The van der Waals surface area contributed by atoms with Crippen molar-refractivity contribution in [3.63, 3.8) is 0 Å². The van der Waals surface area contributed by atoms with Gasteiger partial charge in [-0.2, -0.15) is 0 Å². The van der Waals surface area contributed by atoms with Crippen molar-refractivity contribution >= 4 is 12.9 Å². The van der Waals surface area contributed by atoms with E-state index >= 15 is 0 Å². The highest BCUT2D eigenvalue weighted by atomic mass is 32.1. The lowest BCUT2D eigenvalue weighted by molar-refractivity contribution is 0.428. The van der Waals surface area contributed by atoms with Gasteiger partial charge in [-0.05, 0) is 31.8 Å². The van der Waals surface area contributed by atoms with Crippen LogP contribution in [0, 0.1) is 0 Å². The van der Waals surface area contributed by atoms with Crippen molar-refractivity contribution in [3.05, 3.63) is 23.8 Å². The fraction of sp³-hybridized carbons (Fsp3) is 0.500. The van der Waals surface area contributed by atoms with Crippen LogP contribution in [-0.2, 0) is 4.18 Å². The lowest BCUT2D eigenvalue weighted by atomic mass is 10.2. The van der Waals surface area contributed by atoms with Crippen LogP contribution in [0.2, 0.25) is 0 Å². The monoisotopic (exact) mass is 158 g/mol. The van der Waals surface area contributed by atoms with Crippen LogP contribution in [0.25, 0.3) is 0 Å². The van der Waals surface area contributed by atoms with Crippen molar-refractivity contribution in [2.45, 2.75) is 20.3 Å². The first-order chi connectivity index (χ1) is 4.85. The van der Waals surface area contributed by atoms with Gasteiger partial charge in [-0.25, -0.2) is 0 Å². The third-order valence-corrected chi connectivity index (χ3v) is 1.21. The number of allylic oxidation sites excluding steroid dienone is 2. The summed E-state index contributed by atoms with van der Waals surface area (Å²) in [5.41, 5.74) is 1.18. The first-order valence-electron chi connectivity index (χ1n) is 3.43. The molecule has 0 bridgehead atoms. The second-order valence-electron chi connectivity index (χ2n) is 1.96.